The molecule has 0 unspecified atom stereocenters. The van der Waals surface area contributed by atoms with Crippen molar-refractivity contribution in [3.63, 3.8) is 0 Å². The second-order valence-electron chi connectivity index (χ2n) is 6.54. The standard InChI is InChI=1S/C21H24N2O3/c1-26-17-13-11-15(12-14-17)20(24)23-19-10-6-5-9-18(19)21(25)22-16-7-3-2-4-8-16/h5-6,9-14,16H,2-4,7-8H2,1H3,(H,22,25)(H,23,24). The second-order valence-corrected chi connectivity index (χ2v) is 6.54. The van der Waals surface area contributed by atoms with Gasteiger partial charge in [-0.2, -0.15) is 0 Å². The van der Waals surface area contributed by atoms with Crippen LogP contribution in [0.2, 0.25) is 0 Å². The number of hydrogen-bond acceptors (Lipinski definition) is 3. The lowest BCUT2D eigenvalue weighted by atomic mass is 9.95. The van der Waals surface area contributed by atoms with E-state index < -0.39 is 0 Å². The lowest BCUT2D eigenvalue weighted by Crippen LogP contribution is -2.36. The van der Waals surface area contributed by atoms with E-state index in [1.807, 2.05) is 0 Å². The predicted octanol–water partition coefficient (Wildman–Crippen LogP) is 4.01. The van der Waals surface area contributed by atoms with Gasteiger partial charge in [-0.15, -0.1) is 0 Å². The van der Waals surface area contributed by atoms with Gasteiger partial charge in [0.2, 0.25) is 0 Å². The van der Waals surface area contributed by atoms with Crippen LogP contribution in [-0.2, 0) is 0 Å². The van der Waals surface area contributed by atoms with Crippen LogP contribution in [0.1, 0.15) is 52.8 Å². The van der Waals surface area contributed by atoms with E-state index in [-0.39, 0.29) is 17.9 Å². The Morgan fingerprint density at radius 3 is 2.31 bits per heavy atom. The molecule has 2 aromatic carbocycles. The summed E-state index contributed by atoms with van der Waals surface area (Å²) < 4.78 is 5.11. The van der Waals surface area contributed by atoms with Crippen molar-refractivity contribution in [1.82, 2.24) is 5.32 Å². The number of amides is 2. The smallest absolute Gasteiger partial charge is 0.255 e. The topological polar surface area (TPSA) is 67.4 Å². The first-order valence-corrected chi connectivity index (χ1v) is 9.02. The summed E-state index contributed by atoms with van der Waals surface area (Å²) in [5, 5.41) is 5.94. The number of carbonyl (C=O) groups is 2. The molecule has 0 radical (unpaired) electrons. The monoisotopic (exact) mass is 352 g/mol. The molecule has 1 saturated carbocycles. The average molecular weight is 352 g/mol. The normalized spacial score (nSPS) is 14.5. The highest BCUT2D eigenvalue weighted by Gasteiger charge is 2.19. The van der Waals surface area contributed by atoms with Gasteiger partial charge in [0.1, 0.15) is 5.75 Å². The summed E-state index contributed by atoms with van der Waals surface area (Å²) in [6.07, 6.45) is 5.58. The minimum Gasteiger partial charge on any atom is -0.497 e. The summed E-state index contributed by atoms with van der Waals surface area (Å²) in [5.74, 6) is 0.293. The Bertz CT molecular complexity index is 765. The molecule has 0 aliphatic heterocycles. The van der Waals surface area contributed by atoms with E-state index in [0.29, 0.717) is 22.6 Å². The van der Waals surface area contributed by atoms with Crippen LogP contribution in [0.25, 0.3) is 0 Å². The molecule has 0 aromatic heterocycles. The van der Waals surface area contributed by atoms with Gasteiger partial charge in [0.05, 0.1) is 18.4 Å². The molecule has 1 aliphatic rings. The molecule has 0 spiro atoms. The number of rotatable bonds is 5. The Balaban J connectivity index is 1.71. The SMILES string of the molecule is COc1ccc(C(=O)Nc2ccccc2C(=O)NC2CCCCC2)cc1. The van der Waals surface area contributed by atoms with Crippen molar-refractivity contribution in [1.29, 1.82) is 0 Å². The van der Waals surface area contributed by atoms with Crippen molar-refractivity contribution in [2.45, 2.75) is 38.1 Å². The highest BCUT2D eigenvalue weighted by Crippen LogP contribution is 2.21. The molecule has 0 saturated heterocycles. The summed E-state index contributed by atoms with van der Waals surface area (Å²) in [6, 6.07) is 14.2. The van der Waals surface area contributed by atoms with Crippen LogP contribution in [0.4, 0.5) is 5.69 Å². The molecule has 2 amide bonds. The molecule has 5 nitrogen and oxygen atoms in total. The molecule has 0 atom stereocenters. The van der Waals surface area contributed by atoms with Crippen LogP contribution in [0.15, 0.2) is 48.5 Å². The molecule has 2 aromatic rings. The Labute approximate surface area is 153 Å². The number of ether oxygens (including phenoxy) is 1. The molecule has 2 N–H and O–H groups in total. The van der Waals surface area contributed by atoms with E-state index in [0.717, 1.165) is 25.7 Å². The maximum absolute atomic E-state index is 12.7. The largest absolute Gasteiger partial charge is 0.497 e. The zero-order chi connectivity index (χ0) is 18.4. The highest BCUT2D eigenvalue weighted by molar-refractivity contribution is 6.09. The number of methoxy groups -OCH3 is 1. The van der Waals surface area contributed by atoms with Gasteiger partial charge in [-0.3, -0.25) is 9.59 Å². The fourth-order valence-corrected chi connectivity index (χ4v) is 3.24. The van der Waals surface area contributed by atoms with Crippen molar-refractivity contribution in [2.24, 2.45) is 0 Å². The number of carbonyl (C=O) groups excluding carboxylic acids is 2. The Morgan fingerprint density at radius 1 is 0.923 bits per heavy atom. The number of anilines is 1. The number of hydrogen-bond donors (Lipinski definition) is 2. The van der Waals surface area contributed by atoms with E-state index >= 15 is 0 Å². The molecule has 1 fully saturated rings. The lowest BCUT2D eigenvalue weighted by molar-refractivity contribution is 0.0928. The number of benzene rings is 2. The first kappa shape index (κ1) is 18.0. The average Bonchev–Trinajstić information content (AvgIpc) is 2.69. The third-order valence-electron chi connectivity index (χ3n) is 4.71. The van der Waals surface area contributed by atoms with Gasteiger partial charge in [0.25, 0.3) is 11.8 Å². The van der Waals surface area contributed by atoms with Gasteiger partial charge in [0.15, 0.2) is 0 Å². The molecule has 136 valence electrons. The van der Waals surface area contributed by atoms with Gasteiger partial charge in [-0.25, -0.2) is 0 Å². The van der Waals surface area contributed by atoms with Gasteiger partial charge >= 0.3 is 0 Å². The van der Waals surface area contributed by atoms with Gasteiger partial charge < -0.3 is 15.4 Å². The molecule has 0 heterocycles. The quantitative estimate of drug-likeness (QED) is 0.854. The number of nitrogens with one attached hydrogen (secondary N) is 2. The third kappa shape index (κ3) is 4.42. The zero-order valence-electron chi connectivity index (χ0n) is 15.0. The number of para-hydroxylation sites is 1. The minimum atomic E-state index is -0.259. The van der Waals surface area contributed by atoms with Gasteiger partial charge in [0, 0.05) is 11.6 Å². The van der Waals surface area contributed by atoms with E-state index in [4.69, 9.17) is 4.74 Å². The van der Waals surface area contributed by atoms with Crippen molar-refractivity contribution >= 4 is 17.5 Å². The van der Waals surface area contributed by atoms with Gasteiger partial charge in [-0.1, -0.05) is 31.4 Å². The Morgan fingerprint density at radius 2 is 1.62 bits per heavy atom. The maximum atomic E-state index is 12.7. The van der Waals surface area contributed by atoms with E-state index in [2.05, 4.69) is 10.6 Å². The molecule has 26 heavy (non-hydrogen) atoms. The first-order chi connectivity index (χ1) is 12.7. The van der Waals surface area contributed by atoms with Crippen LogP contribution in [0, 0.1) is 0 Å². The van der Waals surface area contributed by atoms with E-state index in [1.54, 1.807) is 55.6 Å². The lowest BCUT2D eigenvalue weighted by Gasteiger charge is -2.23. The molecule has 3 rings (SSSR count). The molecule has 0 bridgehead atoms. The van der Waals surface area contributed by atoms with Crippen LogP contribution >= 0.6 is 0 Å². The maximum Gasteiger partial charge on any atom is 0.255 e. The van der Waals surface area contributed by atoms with Crippen molar-refractivity contribution < 1.29 is 14.3 Å². The Hall–Kier alpha value is -2.82. The van der Waals surface area contributed by atoms with E-state index in [9.17, 15) is 9.59 Å². The van der Waals surface area contributed by atoms with Crippen LogP contribution in [0.5, 0.6) is 5.75 Å². The Kier molecular flexibility index (Phi) is 5.89. The van der Waals surface area contributed by atoms with Crippen molar-refractivity contribution in [3.05, 3.63) is 59.7 Å². The fraction of sp³-hybridized carbons (Fsp3) is 0.333. The first-order valence-electron chi connectivity index (χ1n) is 9.02. The van der Waals surface area contributed by atoms with Crippen molar-refractivity contribution in [2.75, 3.05) is 12.4 Å². The summed E-state index contributed by atoms with van der Waals surface area (Å²) in [7, 11) is 1.58. The summed E-state index contributed by atoms with van der Waals surface area (Å²) >= 11 is 0. The van der Waals surface area contributed by atoms with Crippen LogP contribution in [0.3, 0.4) is 0 Å². The predicted molar refractivity (Wildman–Crippen MR) is 102 cm³/mol. The zero-order valence-corrected chi connectivity index (χ0v) is 15.0. The van der Waals surface area contributed by atoms with Crippen LogP contribution < -0.4 is 15.4 Å². The molecule has 1 aliphatic carbocycles. The van der Waals surface area contributed by atoms with Crippen molar-refractivity contribution in [3.8, 4) is 5.75 Å². The summed E-state index contributed by atoms with van der Waals surface area (Å²) in [5.41, 5.74) is 1.51. The van der Waals surface area contributed by atoms with Gasteiger partial charge in [-0.05, 0) is 49.2 Å². The van der Waals surface area contributed by atoms with E-state index in [1.165, 1.54) is 6.42 Å². The second kappa shape index (κ2) is 8.52. The third-order valence-corrected chi connectivity index (χ3v) is 4.71. The molecular formula is C21H24N2O3. The molecule has 5 heteroatoms. The highest BCUT2D eigenvalue weighted by atomic mass is 16.5. The molecular weight excluding hydrogens is 328 g/mol. The minimum absolute atomic E-state index is 0.137. The summed E-state index contributed by atoms with van der Waals surface area (Å²) in [6.45, 7) is 0. The van der Waals surface area contributed by atoms with Crippen LogP contribution in [-0.4, -0.2) is 25.0 Å². The fourth-order valence-electron chi connectivity index (χ4n) is 3.24. The summed E-state index contributed by atoms with van der Waals surface area (Å²) in [4.78, 5) is 25.2.